The molecule has 35 heavy (non-hydrogen) atoms. The molecule has 1 saturated carbocycles. The second-order valence-corrected chi connectivity index (χ2v) is 12.0. The molecule has 5 rings (SSSR count). The smallest absolute Gasteiger partial charge is 0.243 e. The number of piperidine rings is 1. The van der Waals surface area contributed by atoms with Crippen molar-refractivity contribution in [3.8, 4) is 0 Å². The number of carbonyl (C=O) groups excluding carboxylic acids is 2. The van der Waals surface area contributed by atoms with Gasteiger partial charge in [0, 0.05) is 42.3 Å². The van der Waals surface area contributed by atoms with E-state index in [1.54, 1.807) is 18.2 Å². The van der Waals surface area contributed by atoms with Crippen molar-refractivity contribution in [3.05, 3.63) is 52.8 Å². The van der Waals surface area contributed by atoms with Crippen molar-refractivity contribution in [1.82, 2.24) is 4.31 Å². The highest BCUT2D eigenvalue weighted by molar-refractivity contribution is 7.89. The first-order chi connectivity index (χ1) is 16.6. The third-order valence-corrected chi connectivity index (χ3v) is 9.26. The van der Waals surface area contributed by atoms with E-state index in [9.17, 15) is 22.4 Å². The van der Waals surface area contributed by atoms with Crippen LogP contribution in [0.2, 0.25) is 5.02 Å². The van der Waals surface area contributed by atoms with Crippen LogP contribution in [0.4, 0.5) is 15.8 Å². The van der Waals surface area contributed by atoms with E-state index in [2.05, 4.69) is 5.32 Å². The molecule has 0 bridgehead atoms. The van der Waals surface area contributed by atoms with E-state index < -0.39 is 15.8 Å². The Labute approximate surface area is 209 Å². The van der Waals surface area contributed by atoms with E-state index in [0.717, 1.165) is 24.1 Å². The molecule has 2 aromatic carbocycles. The minimum absolute atomic E-state index is 0.0151. The quantitative estimate of drug-likeness (QED) is 0.641. The SMILES string of the molecule is C[C@H]1Cc2cc(S(=O)(=O)N3CCC(C(=O)Nc4ccc(F)c(Cl)c4)CC3)ccc2N1C(=O)C1CC1. The highest BCUT2D eigenvalue weighted by Gasteiger charge is 2.40. The van der Waals surface area contributed by atoms with Gasteiger partial charge >= 0.3 is 0 Å². The molecule has 10 heteroatoms. The number of benzene rings is 2. The van der Waals surface area contributed by atoms with Gasteiger partial charge in [-0.25, -0.2) is 12.8 Å². The first kappa shape index (κ1) is 24.2. The Kier molecular flexibility index (Phi) is 6.35. The van der Waals surface area contributed by atoms with Crippen LogP contribution in [0, 0.1) is 17.7 Å². The van der Waals surface area contributed by atoms with E-state index in [-0.39, 0.29) is 52.7 Å². The Morgan fingerprint density at radius 3 is 2.40 bits per heavy atom. The van der Waals surface area contributed by atoms with E-state index in [1.165, 1.54) is 22.5 Å². The molecule has 3 aliphatic rings. The lowest BCUT2D eigenvalue weighted by molar-refractivity contribution is -0.121. The summed E-state index contributed by atoms with van der Waals surface area (Å²) < 4.78 is 41.4. The molecule has 2 aliphatic heterocycles. The monoisotopic (exact) mass is 519 g/mol. The molecule has 2 aromatic rings. The highest BCUT2D eigenvalue weighted by Crippen LogP contribution is 2.40. The number of fused-ring (bicyclic) bond motifs is 1. The third-order valence-electron chi connectivity index (χ3n) is 7.08. The van der Waals surface area contributed by atoms with E-state index in [1.807, 2.05) is 11.8 Å². The van der Waals surface area contributed by atoms with Crippen molar-refractivity contribution in [1.29, 1.82) is 0 Å². The Morgan fingerprint density at radius 1 is 1.03 bits per heavy atom. The number of hydrogen-bond acceptors (Lipinski definition) is 4. The summed E-state index contributed by atoms with van der Waals surface area (Å²) in [4.78, 5) is 27.4. The first-order valence-electron chi connectivity index (χ1n) is 11.9. The summed E-state index contributed by atoms with van der Waals surface area (Å²) in [6.45, 7) is 2.44. The van der Waals surface area contributed by atoms with Crippen LogP contribution in [0.15, 0.2) is 41.3 Å². The van der Waals surface area contributed by atoms with Gasteiger partial charge in [-0.2, -0.15) is 4.31 Å². The Hall–Kier alpha value is -2.49. The largest absolute Gasteiger partial charge is 0.326 e. The molecule has 2 heterocycles. The minimum atomic E-state index is -3.72. The summed E-state index contributed by atoms with van der Waals surface area (Å²) in [5, 5.41) is 2.66. The average molecular weight is 520 g/mol. The average Bonchev–Trinajstić information content (AvgIpc) is 3.63. The van der Waals surface area contributed by atoms with Gasteiger partial charge in [0.05, 0.1) is 9.92 Å². The predicted octanol–water partition coefficient (Wildman–Crippen LogP) is 4.21. The van der Waals surface area contributed by atoms with Crippen LogP contribution in [0.1, 0.15) is 38.2 Å². The van der Waals surface area contributed by atoms with Gasteiger partial charge in [-0.1, -0.05) is 11.6 Å². The van der Waals surface area contributed by atoms with Gasteiger partial charge < -0.3 is 10.2 Å². The summed E-state index contributed by atoms with van der Waals surface area (Å²) >= 11 is 5.77. The lowest BCUT2D eigenvalue weighted by Gasteiger charge is -2.30. The van der Waals surface area contributed by atoms with Crippen molar-refractivity contribution in [2.75, 3.05) is 23.3 Å². The van der Waals surface area contributed by atoms with Crippen LogP contribution in [0.5, 0.6) is 0 Å². The fraction of sp³-hybridized carbons (Fsp3) is 0.440. The van der Waals surface area contributed by atoms with Gasteiger partial charge in [0.1, 0.15) is 5.82 Å². The Balaban J connectivity index is 1.24. The Morgan fingerprint density at radius 2 is 1.74 bits per heavy atom. The molecule has 0 aromatic heterocycles. The molecular weight excluding hydrogens is 493 g/mol. The molecule has 2 amide bonds. The standard InChI is InChI=1S/C25H27ClFN3O4S/c1-15-12-18-13-20(5-7-23(18)30(15)25(32)17-2-3-17)35(33,34)29-10-8-16(9-11-29)24(31)28-19-4-6-22(27)21(26)14-19/h4-7,13-17H,2-3,8-12H2,1H3,(H,28,31)/t15-/m0/s1. The summed E-state index contributed by atoms with van der Waals surface area (Å²) in [5.74, 6) is -0.920. The third kappa shape index (κ3) is 4.69. The normalized spacial score (nSPS) is 21.1. The number of rotatable bonds is 5. The number of nitrogens with one attached hydrogen (secondary N) is 1. The zero-order chi connectivity index (χ0) is 24.9. The van der Waals surface area contributed by atoms with Crippen molar-refractivity contribution in [2.45, 2.75) is 50.0 Å². The number of amides is 2. The maximum Gasteiger partial charge on any atom is 0.243 e. The second kappa shape index (κ2) is 9.19. The summed E-state index contributed by atoms with van der Waals surface area (Å²) in [5.41, 5.74) is 2.09. The van der Waals surface area contributed by atoms with E-state index in [4.69, 9.17) is 11.6 Å². The highest BCUT2D eigenvalue weighted by atomic mass is 35.5. The molecule has 2 fully saturated rings. The van der Waals surface area contributed by atoms with Gasteiger partial charge in [0.2, 0.25) is 21.8 Å². The van der Waals surface area contributed by atoms with Crippen LogP contribution in [0.25, 0.3) is 0 Å². The minimum Gasteiger partial charge on any atom is -0.326 e. The molecule has 1 saturated heterocycles. The van der Waals surface area contributed by atoms with Crippen molar-refractivity contribution < 1.29 is 22.4 Å². The van der Waals surface area contributed by atoms with Gasteiger partial charge in [-0.15, -0.1) is 0 Å². The lowest BCUT2D eigenvalue weighted by atomic mass is 9.97. The molecule has 186 valence electrons. The number of nitrogens with zero attached hydrogens (tertiary/aromatic N) is 2. The summed E-state index contributed by atoms with van der Waals surface area (Å²) in [6, 6.07) is 9.01. The molecule has 0 radical (unpaired) electrons. The zero-order valence-electron chi connectivity index (χ0n) is 19.3. The van der Waals surface area contributed by atoms with Crippen LogP contribution < -0.4 is 10.2 Å². The number of halogens is 2. The predicted molar refractivity (Wildman–Crippen MR) is 131 cm³/mol. The van der Waals surface area contributed by atoms with Crippen molar-refractivity contribution in [3.63, 3.8) is 0 Å². The molecule has 1 N–H and O–H groups in total. The first-order valence-corrected chi connectivity index (χ1v) is 13.7. The lowest BCUT2D eigenvalue weighted by Crippen LogP contribution is -2.41. The van der Waals surface area contributed by atoms with Gasteiger partial charge in [-0.3, -0.25) is 9.59 Å². The topological polar surface area (TPSA) is 86.8 Å². The second-order valence-electron chi connectivity index (χ2n) is 9.62. The molecule has 7 nitrogen and oxygen atoms in total. The zero-order valence-corrected chi connectivity index (χ0v) is 20.9. The summed E-state index contributed by atoms with van der Waals surface area (Å²) in [7, 11) is -3.72. The Bertz CT molecular complexity index is 1290. The number of anilines is 2. The van der Waals surface area contributed by atoms with Gasteiger partial charge in [-0.05, 0) is 81.0 Å². The van der Waals surface area contributed by atoms with Crippen molar-refractivity contribution in [2.24, 2.45) is 11.8 Å². The fourth-order valence-electron chi connectivity index (χ4n) is 4.96. The molecule has 1 aliphatic carbocycles. The maximum absolute atomic E-state index is 13.3. The molecule has 1 atom stereocenters. The fourth-order valence-corrected chi connectivity index (χ4v) is 6.66. The van der Waals surface area contributed by atoms with Gasteiger partial charge in [0.25, 0.3) is 0 Å². The number of hydrogen-bond donors (Lipinski definition) is 1. The maximum atomic E-state index is 13.3. The van der Waals surface area contributed by atoms with Crippen molar-refractivity contribution >= 4 is 44.8 Å². The number of carbonyl (C=O) groups is 2. The van der Waals surface area contributed by atoms with E-state index >= 15 is 0 Å². The molecule has 0 unspecified atom stereocenters. The van der Waals surface area contributed by atoms with Crippen LogP contribution in [-0.2, 0) is 26.0 Å². The van der Waals surface area contributed by atoms with Crippen LogP contribution in [-0.4, -0.2) is 43.7 Å². The molecular formula is C25H27ClFN3O4S. The van der Waals surface area contributed by atoms with E-state index in [0.29, 0.717) is 24.9 Å². The van der Waals surface area contributed by atoms with Gasteiger partial charge in [0.15, 0.2) is 0 Å². The van der Waals surface area contributed by atoms with Crippen LogP contribution >= 0.6 is 11.6 Å². The van der Waals surface area contributed by atoms with Crippen LogP contribution in [0.3, 0.4) is 0 Å². The number of sulfonamides is 1. The molecule has 0 spiro atoms. The summed E-state index contributed by atoms with van der Waals surface area (Å²) in [6.07, 6.45) is 3.25.